The van der Waals surface area contributed by atoms with E-state index in [1.807, 2.05) is 61.5 Å². The molecule has 4 heteroatoms. The van der Waals surface area contributed by atoms with E-state index >= 15 is 0 Å². The minimum atomic E-state index is -0.257. The molecule has 0 heterocycles. The number of anilines is 1. The van der Waals surface area contributed by atoms with Gasteiger partial charge in [-0.1, -0.05) is 48.5 Å². The molecule has 1 N–H and O–H groups in total. The fourth-order valence-corrected chi connectivity index (χ4v) is 3.43. The molecule has 0 saturated heterocycles. The number of nitrogens with one attached hydrogen (secondary N) is 1. The number of hydrogen-bond acceptors (Lipinski definition) is 3. The Balaban J connectivity index is 1.58. The zero-order chi connectivity index (χ0) is 20.8. The summed E-state index contributed by atoms with van der Waals surface area (Å²) in [6.45, 7) is 3.38. The smallest absolute Gasteiger partial charge is 0.129 e. The van der Waals surface area contributed by atoms with Gasteiger partial charge in [0.05, 0.1) is 6.61 Å². The Kier molecular flexibility index (Phi) is 6.14. The van der Waals surface area contributed by atoms with Crippen LogP contribution in [-0.2, 0) is 13.2 Å². The summed E-state index contributed by atoms with van der Waals surface area (Å²) in [5.74, 6) is 1.34. The van der Waals surface area contributed by atoms with Crippen molar-refractivity contribution in [3.8, 4) is 11.5 Å². The van der Waals surface area contributed by atoms with E-state index < -0.39 is 0 Å². The molecule has 0 bridgehead atoms. The van der Waals surface area contributed by atoms with Gasteiger partial charge in [0.25, 0.3) is 0 Å². The van der Waals surface area contributed by atoms with Crippen LogP contribution in [0.25, 0.3) is 10.8 Å². The summed E-state index contributed by atoms with van der Waals surface area (Å²) in [5.41, 5.74) is 2.57. The maximum absolute atomic E-state index is 14.0. The lowest BCUT2D eigenvalue weighted by molar-refractivity contribution is 0.297. The zero-order valence-electron chi connectivity index (χ0n) is 16.9. The first-order chi connectivity index (χ1) is 14.7. The summed E-state index contributed by atoms with van der Waals surface area (Å²) in [5, 5.41) is 5.71. The third kappa shape index (κ3) is 4.54. The van der Waals surface area contributed by atoms with Gasteiger partial charge in [0.1, 0.15) is 23.9 Å². The molecule has 0 radical (unpaired) electrons. The average molecular weight is 401 g/mol. The third-order valence-electron chi connectivity index (χ3n) is 4.97. The molecule has 0 spiro atoms. The highest BCUT2D eigenvalue weighted by molar-refractivity contribution is 5.88. The number of ether oxygens (including phenoxy) is 2. The Morgan fingerprint density at radius 1 is 0.800 bits per heavy atom. The van der Waals surface area contributed by atoms with Crippen molar-refractivity contribution in [3.63, 3.8) is 0 Å². The Hall–Kier alpha value is -3.53. The van der Waals surface area contributed by atoms with Crippen LogP contribution < -0.4 is 14.8 Å². The normalized spacial score (nSPS) is 10.7. The number of benzene rings is 4. The van der Waals surface area contributed by atoms with Gasteiger partial charge in [0, 0.05) is 23.4 Å². The highest BCUT2D eigenvalue weighted by atomic mass is 19.1. The van der Waals surface area contributed by atoms with E-state index in [1.165, 1.54) is 6.07 Å². The van der Waals surface area contributed by atoms with Crippen molar-refractivity contribution in [1.82, 2.24) is 0 Å². The molecule has 0 aliphatic heterocycles. The zero-order valence-corrected chi connectivity index (χ0v) is 16.9. The van der Waals surface area contributed by atoms with Crippen LogP contribution in [0.3, 0.4) is 0 Å². The van der Waals surface area contributed by atoms with Gasteiger partial charge in [-0.3, -0.25) is 0 Å². The van der Waals surface area contributed by atoms with Gasteiger partial charge in [-0.15, -0.1) is 0 Å². The van der Waals surface area contributed by atoms with Gasteiger partial charge in [0.2, 0.25) is 0 Å². The Labute approximate surface area is 176 Å². The van der Waals surface area contributed by atoms with Gasteiger partial charge in [-0.05, 0) is 54.1 Å². The van der Waals surface area contributed by atoms with Crippen molar-refractivity contribution in [1.29, 1.82) is 0 Å². The molecular weight excluding hydrogens is 377 g/mol. The van der Waals surface area contributed by atoms with E-state index in [4.69, 9.17) is 9.47 Å². The maximum atomic E-state index is 14.0. The van der Waals surface area contributed by atoms with Crippen molar-refractivity contribution < 1.29 is 13.9 Å². The highest BCUT2D eigenvalue weighted by Gasteiger charge is 2.11. The van der Waals surface area contributed by atoms with Gasteiger partial charge in [0.15, 0.2) is 0 Å². The van der Waals surface area contributed by atoms with E-state index in [1.54, 1.807) is 12.1 Å². The topological polar surface area (TPSA) is 30.5 Å². The molecule has 30 heavy (non-hydrogen) atoms. The molecule has 0 aliphatic rings. The van der Waals surface area contributed by atoms with Crippen molar-refractivity contribution >= 4 is 16.5 Å². The molecule has 4 rings (SSSR count). The SMILES string of the molecule is CCOc1ccc(NCc2c(OCc3ccccc3F)ccc3ccccc23)cc1. The molecule has 4 aromatic rings. The van der Waals surface area contributed by atoms with Crippen LogP contribution in [0.4, 0.5) is 10.1 Å². The van der Waals surface area contributed by atoms with Crippen LogP contribution >= 0.6 is 0 Å². The van der Waals surface area contributed by atoms with Crippen molar-refractivity contribution in [2.24, 2.45) is 0 Å². The number of fused-ring (bicyclic) bond motifs is 1. The van der Waals surface area contributed by atoms with Crippen molar-refractivity contribution in [3.05, 3.63) is 102 Å². The van der Waals surface area contributed by atoms with E-state index in [-0.39, 0.29) is 12.4 Å². The molecule has 0 atom stereocenters. The van der Waals surface area contributed by atoms with Crippen LogP contribution in [0.1, 0.15) is 18.1 Å². The molecule has 4 aromatic carbocycles. The number of hydrogen-bond donors (Lipinski definition) is 1. The predicted octanol–water partition coefficient (Wildman–Crippen LogP) is 6.57. The lowest BCUT2D eigenvalue weighted by atomic mass is 10.0. The van der Waals surface area contributed by atoms with E-state index in [0.717, 1.165) is 33.5 Å². The minimum Gasteiger partial charge on any atom is -0.494 e. The van der Waals surface area contributed by atoms with Crippen LogP contribution in [0, 0.1) is 5.82 Å². The Bertz CT molecular complexity index is 1130. The van der Waals surface area contributed by atoms with Crippen molar-refractivity contribution in [2.45, 2.75) is 20.1 Å². The van der Waals surface area contributed by atoms with E-state index in [9.17, 15) is 4.39 Å². The minimum absolute atomic E-state index is 0.182. The Morgan fingerprint density at radius 2 is 1.57 bits per heavy atom. The second-order valence-corrected chi connectivity index (χ2v) is 6.95. The average Bonchev–Trinajstić information content (AvgIpc) is 2.78. The molecule has 0 unspecified atom stereocenters. The number of rotatable bonds is 8. The molecule has 3 nitrogen and oxygen atoms in total. The maximum Gasteiger partial charge on any atom is 0.129 e. The first kappa shape index (κ1) is 19.8. The molecule has 0 fully saturated rings. The summed E-state index contributed by atoms with van der Waals surface area (Å²) in [7, 11) is 0. The van der Waals surface area contributed by atoms with Gasteiger partial charge in [-0.2, -0.15) is 0 Å². The predicted molar refractivity (Wildman–Crippen MR) is 120 cm³/mol. The molecule has 0 saturated carbocycles. The standard InChI is InChI=1S/C26H24FNO2/c1-2-29-22-14-12-21(13-15-22)28-17-24-23-9-5-3-7-19(23)11-16-26(24)30-18-20-8-4-6-10-25(20)27/h3-16,28H,2,17-18H2,1H3. The van der Waals surface area contributed by atoms with E-state index in [2.05, 4.69) is 17.4 Å². The van der Waals surface area contributed by atoms with Gasteiger partial charge in [-0.25, -0.2) is 4.39 Å². The van der Waals surface area contributed by atoms with Gasteiger partial charge >= 0.3 is 0 Å². The van der Waals surface area contributed by atoms with Gasteiger partial charge < -0.3 is 14.8 Å². The van der Waals surface area contributed by atoms with Crippen LogP contribution in [0.5, 0.6) is 11.5 Å². The Morgan fingerprint density at radius 3 is 2.37 bits per heavy atom. The summed E-state index contributed by atoms with van der Waals surface area (Å²) in [6.07, 6.45) is 0. The first-order valence-electron chi connectivity index (χ1n) is 10.1. The fraction of sp³-hybridized carbons (Fsp3) is 0.154. The summed E-state index contributed by atoms with van der Waals surface area (Å²) in [6, 6.07) is 26.8. The molecule has 152 valence electrons. The van der Waals surface area contributed by atoms with Crippen LogP contribution in [0.15, 0.2) is 84.9 Å². The quantitative estimate of drug-likeness (QED) is 0.362. The second-order valence-electron chi connectivity index (χ2n) is 6.95. The third-order valence-corrected chi connectivity index (χ3v) is 4.97. The highest BCUT2D eigenvalue weighted by Crippen LogP contribution is 2.30. The first-order valence-corrected chi connectivity index (χ1v) is 10.1. The molecular formula is C26H24FNO2. The van der Waals surface area contributed by atoms with Crippen molar-refractivity contribution in [2.75, 3.05) is 11.9 Å². The number of halogens is 1. The molecule has 0 aromatic heterocycles. The summed E-state index contributed by atoms with van der Waals surface area (Å²) >= 11 is 0. The molecule has 0 aliphatic carbocycles. The largest absolute Gasteiger partial charge is 0.494 e. The molecule has 0 amide bonds. The second kappa shape index (κ2) is 9.31. The lowest BCUT2D eigenvalue weighted by Gasteiger charge is -2.16. The summed E-state index contributed by atoms with van der Waals surface area (Å²) in [4.78, 5) is 0. The van der Waals surface area contributed by atoms with Crippen LogP contribution in [-0.4, -0.2) is 6.61 Å². The monoisotopic (exact) mass is 401 g/mol. The van der Waals surface area contributed by atoms with E-state index in [0.29, 0.717) is 18.7 Å². The van der Waals surface area contributed by atoms with Crippen LogP contribution in [0.2, 0.25) is 0 Å². The fourth-order valence-electron chi connectivity index (χ4n) is 3.43. The lowest BCUT2D eigenvalue weighted by Crippen LogP contribution is -2.05. The summed E-state index contributed by atoms with van der Waals surface area (Å²) < 4.78 is 25.6.